The molecule has 0 saturated carbocycles. The second-order valence-corrected chi connectivity index (χ2v) is 5.66. The molecule has 134 valence electrons. The lowest BCUT2D eigenvalue weighted by Gasteiger charge is -2.25. The summed E-state index contributed by atoms with van der Waals surface area (Å²) in [5.41, 5.74) is 0. The van der Waals surface area contributed by atoms with E-state index >= 15 is 0 Å². The van der Waals surface area contributed by atoms with Crippen LogP contribution in [0.25, 0.3) is 0 Å². The van der Waals surface area contributed by atoms with Crippen LogP contribution in [0.3, 0.4) is 0 Å². The van der Waals surface area contributed by atoms with E-state index in [0.29, 0.717) is 19.1 Å². The summed E-state index contributed by atoms with van der Waals surface area (Å²) in [6, 6.07) is 3.68. The van der Waals surface area contributed by atoms with E-state index in [2.05, 4.69) is 25.7 Å². The maximum atomic E-state index is 13.1. The molecule has 0 aliphatic carbocycles. The fourth-order valence-corrected chi connectivity index (χ4v) is 2.65. The molecule has 1 aliphatic rings. The molecule has 0 fully saturated rings. The fraction of sp³-hybridized carbons (Fsp3) is 0.438. The molecule has 9 heteroatoms. The summed E-state index contributed by atoms with van der Waals surface area (Å²) in [5, 5.41) is 10.7. The minimum Gasteiger partial charge on any atom is -0.492 e. The van der Waals surface area contributed by atoms with E-state index in [1.165, 1.54) is 6.07 Å². The van der Waals surface area contributed by atoms with Gasteiger partial charge in [-0.25, -0.2) is 18.4 Å². The molecule has 1 aliphatic heterocycles. The van der Waals surface area contributed by atoms with Crippen LogP contribution in [-0.2, 0) is 13.0 Å². The Balaban J connectivity index is 1.41. The van der Waals surface area contributed by atoms with Crippen molar-refractivity contribution < 1.29 is 13.5 Å². The zero-order chi connectivity index (χ0) is 17.6. The van der Waals surface area contributed by atoms with Crippen molar-refractivity contribution in [2.45, 2.75) is 25.4 Å². The molecule has 2 aromatic rings. The first-order chi connectivity index (χ1) is 12.2. The molecule has 2 N–H and O–H groups in total. The highest BCUT2D eigenvalue weighted by Gasteiger charge is 2.20. The number of aryl methyl sites for hydroxylation is 1. The van der Waals surface area contributed by atoms with Crippen molar-refractivity contribution in [1.29, 1.82) is 0 Å². The van der Waals surface area contributed by atoms with Gasteiger partial charge in [-0.05, 0) is 18.6 Å². The van der Waals surface area contributed by atoms with Gasteiger partial charge in [0.15, 0.2) is 17.6 Å². The van der Waals surface area contributed by atoms with Crippen LogP contribution >= 0.6 is 0 Å². The van der Waals surface area contributed by atoms with E-state index in [1.807, 2.05) is 4.68 Å². The summed E-state index contributed by atoms with van der Waals surface area (Å²) in [4.78, 5) is 8.38. The number of nitrogens with zero attached hydrogens (tertiary/aromatic N) is 4. The van der Waals surface area contributed by atoms with Gasteiger partial charge in [0.05, 0.1) is 13.1 Å². The Morgan fingerprint density at radius 2 is 2.28 bits per heavy atom. The lowest BCUT2D eigenvalue weighted by atomic mass is 10.1. The van der Waals surface area contributed by atoms with Gasteiger partial charge in [0.25, 0.3) is 0 Å². The van der Waals surface area contributed by atoms with E-state index in [1.54, 1.807) is 13.4 Å². The second kappa shape index (κ2) is 7.91. The third-order valence-corrected chi connectivity index (χ3v) is 3.92. The molecular weight excluding hydrogens is 330 g/mol. The fourth-order valence-electron chi connectivity index (χ4n) is 2.65. The van der Waals surface area contributed by atoms with Crippen LogP contribution in [-0.4, -0.2) is 47.0 Å². The Labute approximate surface area is 144 Å². The molecule has 1 atom stereocenters. The van der Waals surface area contributed by atoms with E-state index in [0.717, 1.165) is 37.3 Å². The molecule has 0 saturated heterocycles. The van der Waals surface area contributed by atoms with Crippen LogP contribution in [0.4, 0.5) is 8.78 Å². The summed E-state index contributed by atoms with van der Waals surface area (Å²) in [5.74, 6) is 0.129. The SMILES string of the molecule is CN=C(NCCOc1ccc(F)c(F)c1)NC1CCc2ncnn2C1. The van der Waals surface area contributed by atoms with Crippen molar-refractivity contribution in [3.05, 3.63) is 42.0 Å². The summed E-state index contributed by atoms with van der Waals surface area (Å²) < 4.78 is 33.2. The molecule has 1 unspecified atom stereocenters. The molecule has 1 aromatic carbocycles. The average molecular weight is 350 g/mol. The molecule has 0 radical (unpaired) electrons. The smallest absolute Gasteiger partial charge is 0.191 e. The first-order valence-corrected chi connectivity index (χ1v) is 8.07. The maximum Gasteiger partial charge on any atom is 0.191 e. The maximum absolute atomic E-state index is 13.1. The van der Waals surface area contributed by atoms with Crippen molar-refractivity contribution in [3.8, 4) is 5.75 Å². The van der Waals surface area contributed by atoms with E-state index < -0.39 is 11.6 Å². The van der Waals surface area contributed by atoms with Crippen molar-refractivity contribution in [1.82, 2.24) is 25.4 Å². The van der Waals surface area contributed by atoms with Crippen LogP contribution < -0.4 is 15.4 Å². The Hall–Kier alpha value is -2.71. The third-order valence-electron chi connectivity index (χ3n) is 3.92. The van der Waals surface area contributed by atoms with Crippen LogP contribution in [0.1, 0.15) is 12.2 Å². The highest BCUT2D eigenvalue weighted by molar-refractivity contribution is 5.79. The third kappa shape index (κ3) is 4.43. The predicted molar refractivity (Wildman–Crippen MR) is 88.5 cm³/mol. The minimum absolute atomic E-state index is 0.215. The lowest BCUT2D eigenvalue weighted by Crippen LogP contribution is -2.47. The van der Waals surface area contributed by atoms with Crippen molar-refractivity contribution in [2.75, 3.05) is 20.2 Å². The molecule has 2 heterocycles. The summed E-state index contributed by atoms with van der Waals surface area (Å²) in [6.07, 6.45) is 3.39. The number of fused-ring (bicyclic) bond motifs is 1. The first kappa shape index (κ1) is 17.1. The van der Waals surface area contributed by atoms with E-state index in [4.69, 9.17) is 4.74 Å². The van der Waals surface area contributed by atoms with E-state index in [9.17, 15) is 8.78 Å². The molecule has 25 heavy (non-hydrogen) atoms. The topological polar surface area (TPSA) is 76.4 Å². The number of hydrogen-bond acceptors (Lipinski definition) is 4. The summed E-state index contributed by atoms with van der Waals surface area (Å²) >= 11 is 0. The van der Waals surface area contributed by atoms with Gasteiger partial charge in [0, 0.05) is 25.6 Å². The van der Waals surface area contributed by atoms with Gasteiger partial charge >= 0.3 is 0 Å². The number of halogens is 2. The summed E-state index contributed by atoms with van der Waals surface area (Å²) in [6.45, 7) is 1.50. The normalized spacial score (nSPS) is 17.1. The lowest BCUT2D eigenvalue weighted by molar-refractivity contribution is 0.317. The average Bonchev–Trinajstić information content (AvgIpc) is 3.08. The predicted octanol–water partition coefficient (Wildman–Crippen LogP) is 1.12. The van der Waals surface area contributed by atoms with Gasteiger partial charge in [-0.15, -0.1) is 0 Å². The Morgan fingerprint density at radius 1 is 1.40 bits per heavy atom. The van der Waals surface area contributed by atoms with Gasteiger partial charge in [-0.2, -0.15) is 5.10 Å². The number of aromatic nitrogens is 3. The monoisotopic (exact) mass is 350 g/mol. The number of rotatable bonds is 5. The zero-order valence-corrected chi connectivity index (χ0v) is 13.9. The Morgan fingerprint density at radius 3 is 3.08 bits per heavy atom. The largest absolute Gasteiger partial charge is 0.492 e. The van der Waals surface area contributed by atoms with Crippen LogP contribution in [0.2, 0.25) is 0 Å². The Kier molecular flexibility index (Phi) is 5.42. The second-order valence-electron chi connectivity index (χ2n) is 5.66. The van der Waals surface area contributed by atoms with Gasteiger partial charge in [0.1, 0.15) is 24.5 Å². The van der Waals surface area contributed by atoms with Crippen molar-refractivity contribution in [3.63, 3.8) is 0 Å². The molecule has 7 nitrogen and oxygen atoms in total. The number of hydrogen-bond donors (Lipinski definition) is 2. The molecule has 0 bridgehead atoms. The molecule has 0 amide bonds. The van der Waals surface area contributed by atoms with Gasteiger partial charge in [-0.1, -0.05) is 0 Å². The minimum atomic E-state index is -0.923. The number of aliphatic imine (C=N–C) groups is 1. The summed E-state index contributed by atoms with van der Waals surface area (Å²) in [7, 11) is 1.69. The molecular formula is C16H20F2N6O. The standard InChI is InChI=1S/C16H20F2N6O/c1-19-16(23-11-2-5-15-21-10-22-24(15)9-11)20-6-7-25-12-3-4-13(17)14(18)8-12/h3-4,8,10-11H,2,5-7,9H2,1H3,(H2,19,20,23). The Bertz CT molecular complexity index is 748. The van der Waals surface area contributed by atoms with E-state index in [-0.39, 0.29) is 11.8 Å². The van der Waals surface area contributed by atoms with Crippen molar-refractivity contribution >= 4 is 5.96 Å². The highest BCUT2D eigenvalue weighted by Crippen LogP contribution is 2.15. The first-order valence-electron chi connectivity index (χ1n) is 8.07. The quantitative estimate of drug-likeness (QED) is 0.480. The van der Waals surface area contributed by atoms with Gasteiger partial charge < -0.3 is 15.4 Å². The number of guanidine groups is 1. The molecule has 3 rings (SSSR count). The van der Waals surface area contributed by atoms with Crippen LogP contribution in [0.15, 0.2) is 29.5 Å². The number of ether oxygens (including phenoxy) is 1. The molecule has 0 spiro atoms. The van der Waals surface area contributed by atoms with Gasteiger partial charge in [-0.3, -0.25) is 4.99 Å². The molecule has 1 aromatic heterocycles. The highest BCUT2D eigenvalue weighted by atomic mass is 19.2. The van der Waals surface area contributed by atoms with Crippen LogP contribution in [0, 0.1) is 11.6 Å². The number of nitrogens with one attached hydrogen (secondary N) is 2. The van der Waals surface area contributed by atoms with Gasteiger partial charge in [0.2, 0.25) is 0 Å². The van der Waals surface area contributed by atoms with Crippen LogP contribution in [0.5, 0.6) is 5.75 Å². The van der Waals surface area contributed by atoms with Crippen molar-refractivity contribution in [2.24, 2.45) is 4.99 Å². The number of benzene rings is 1. The zero-order valence-electron chi connectivity index (χ0n) is 13.9.